The van der Waals surface area contributed by atoms with Crippen LogP contribution < -0.4 is 0 Å². The Hall–Kier alpha value is -0.638. The third kappa shape index (κ3) is 2450. The molecule has 0 spiro atoms. The van der Waals surface area contributed by atoms with Crippen molar-refractivity contribution in [3.05, 3.63) is 57.2 Å². The minimum Gasteiger partial charge on any atom is -0.242 e. The molecule has 0 saturated carbocycles. The van der Waals surface area contributed by atoms with Gasteiger partial charge in [-0.15, -0.1) is 0 Å². The maximum atomic E-state index is 3.44. The Kier molecular flexibility index (Phi) is 30.6. The summed E-state index contributed by atoms with van der Waals surface area (Å²) in [5, 5.41) is 0. The van der Waals surface area contributed by atoms with Gasteiger partial charge in [-0.3, -0.25) is 0 Å². The van der Waals surface area contributed by atoms with E-state index in [1.807, 2.05) is 20.8 Å². The summed E-state index contributed by atoms with van der Waals surface area (Å²) in [6, 6.07) is 0. The Labute approximate surface area is 95.6 Å². The van der Waals surface area contributed by atoms with Gasteiger partial charge in [-0.2, -0.15) is 0 Å². The van der Waals surface area contributed by atoms with Crippen molar-refractivity contribution in [3.63, 3.8) is 0 Å². The first-order valence-corrected chi connectivity index (χ1v) is 3.62. The molecule has 75 valence electrons. The molecule has 0 aliphatic carbocycles. The van der Waals surface area contributed by atoms with Crippen LogP contribution in [-0.4, -0.2) is 0 Å². The Morgan fingerprint density at radius 2 is 0.692 bits per heavy atom. The third-order valence-electron chi connectivity index (χ3n) is 0. The van der Waals surface area contributed by atoms with Crippen molar-refractivity contribution in [2.45, 2.75) is 20.8 Å². The Morgan fingerprint density at radius 1 is 0.692 bits per heavy atom. The number of hydrogen-bond acceptors (Lipinski definition) is 0. The molecular weight excluding hydrogens is 196 g/mol. The second-order valence-electron chi connectivity index (χ2n) is 2.87. The smallest absolute Gasteiger partial charge is 0.242 e. The fourth-order valence-electron chi connectivity index (χ4n) is 0. The zero-order chi connectivity index (χ0) is 10.7. The Bertz CT molecular complexity index is 103. The van der Waals surface area contributed by atoms with Crippen LogP contribution in [0.5, 0.6) is 0 Å². The minimum atomic E-state index is 0. The van der Waals surface area contributed by atoms with Gasteiger partial charge < -0.3 is 0 Å². The van der Waals surface area contributed by atoms with E-state index in [1.165, 1.54) is 0 Å². The zero-order valence-corrected chi connectivity index (χ0v) is 10.4. The molecule has 0 nitrogen and oxygen atoms in total. The molecule has 0 aromatic rings. The molecule has 1 radical (unpaired) electrons. The van der Waals surface area contributed by atoms with Gasteiger partial charge in [0.05, 0.1) is 0 Å². The third-order valence-corrected chi connectivity index (χ3v) is 0. The second kappa shape index (κ2) is 17.4. The van der Waals surface area contributed by atoms with Crippen molar-refractivity contribution in [2.75, 3.05) is 0 Å². The van der Waals surface area contributed by atoms with Crippen molar-refractivity contribution < 1.29 is 17.4 Å². The molecule has 0 aliphatic heterocycles. The fourth-order valence-corrected chi connectivity index (χ4v) is 0. The first kappa shape index (κ1) is 22.8. The molecular formula is C12H21Cr. The Balaban J connectivity index is -0.0000000450. The molecule has 1 heteroatoms. The van der Waals surface area contributed by atoms with E-state index >= 15 is 0 Å². The van der Waals surface area contributed by atoms with Crippen molar-refractivity contribution >= 4 is 0 Å². The molecule has 0 bridgehead atoms. The Morgan fingerprint density at radius 3 is 0.692 bits per heavy atom. The van der Waals surface area contributed by atoms with E-state index in [0.717, 1.165) is 16.7 Å². The van der Waals surface area contributed by atoms with E-state index in [-0.39, 0.29) is 17.4 Å². The predicted octanol–water partition coefficient (Wildman–Crippen LogP) is 4.19. The van der Waals surface area contributed by atoms with Crippen LogP contribution in [0, 0.1) is 20.8 Å². The number of rotatable bonds is 0. The molecule has 13 heavy (non-hydrogen) atoms. The van der Waals surface area contributed by atoms with Gasteiger partial charge in [0.2, 0.25) is 0 Å². The van der Waals surface area contributed by atoms with Crippen molar-refractivity contribution in [1.82, 2.24) is 0 Å². The van der Waals surface area contributed by atoms with Gasteiger partial charge in [-0.25, -0.2) is 57.2 Å². The van der Waals surface area contributed by atoms with E-state index in [2.05, 4.69) is 40.5 Å². The van der Waals surface area contributed by atoms with Gasteiger partial charge in [0, 0.05) is 0 Å². The van der Waals surface area contributed by atoms with Crippen molar-refractivity contribution in [1.29, 1.82) is 0 Å². The van der Waals surface area contributed by atoms with Crippen LogP contribution >= 0.6 is 0 Å². The first-order valence-electron chi connectivity index (χ1n) is 3.62. The summed E-state index contributed by atoms with van der Waals surface area (Å²) >= 11 is 0. The predicted molar refractivity (Wildman–Crippen MR) is 60.5 cm³/mol. The summed E-state index contributed by atoms with van der Waals surface area (Å²) in [6.07, 6.45) is 0. The summed E-state index contributed by atoms with van der Waals surface area (Å²) in [5.41, 5.74) is 2.75. The fraction of sp³-hybridized carbons (Fsp3) is 0.250. The largest absolute Gasteiger partial charge is 3.00 e. The molecule has 0 aromatic heterocycles. The zero-order valence-electron chi connectivity index (χ0n) is 9.15. The molecule has 0 aliphatic rings. The topological polar surface area (TPSA) is 0 Å². The van der Waals surface area contributed by atoms with E-state index in [9.17, 15) is 0 Å². The van der Waals surface area contributed by atoms with Gasteiger partial charge in [0.25, 0.3) is 0 Å². The molecule has 0 N–H and O–H groups in total. The number of hydrogen-bond donors (Lipinski definition) is 0. The molecule has 0 rings (SSSR count). The van der Waals surface area contributed by atoms with E-state index in [1.54, 1.807) is 0 Å². The first-order chi connectivity index (χ1) is 5.20. The van der Waals surface area contributed by atoms with E-state index < -0.39 is 0 Å². The SMILES string of the molecule is C=C([CH2-])C.C=C([CH2-])C.C=C([CH2-])C.[Cr+3]. The van der Waals surface area contributed by atoms with Gasteiger partial charge in [0.15, 0.2) is 0 Å². The van der Waals surface area contributed by atoms with E-state index in [4.69, 9.17) is 0 Å². The number of allylic oxidation sites excluding steroid dienone is 3. The van der Waals surface area contributed by atoms with Crippen LogP contribution in [0.1, 0.15) is 20.8 Å². The minimum absolute atomic E-state index is 0. The van der Waals surface area contributed by atoms with Gasteiger partial charge in [0.1, 0.15) is 0 Å². The van der Waals surface area contributed by atoms with Crippen LogP contribution in [0.3, 0.4) is 0 Å². The standard InChI is InChI=1S/3C4H7.Cr/c3*1-4(2)3;/h3*1-2H2,3H3;/q3*-1;+3. The summed E-state index contributed by atoms with van der Waals surface area (Å²) < 4.78 is 0. The summed E-state index contributed by atoms with van der Waals surface area (Å²) in [6.45, 7) is 26.2. The molecule has 0 atom stereocenters. The van der Waals surface area contributed by atoms with Crippen LogP contribution in [0.25, 0.3) is 0 Å². The summed E-state index contributed by atoms with van der Waals surface area (Å²) in [7, 11) is 0. The maximum absolute atomic E-state index is 3.44. The quantitative estimate of drug-likeness (QED) is 0.534. The normalized spacial score (nSPS) is 5.77. The summed E-state index contributed by atoms with van der Waals surface area (Å²) in [5.74, 6) is 0. The monoisotopic (exact) mass is 217 g/mol. The van der Waals surface area contributed by atoms with Crippen LogP contribution in [-0.2, 0) is 17.4 Å². The van der Waals surface area contributed by atoms with Crippen LogP contribution in [0.4, 0.5) is 0 Å². The van der Waals surface area contributed by atoms with Gasteiger partial charge in [-0.1, -0.05) is 20.8 Å². The molecule has 0 fully saturated rings. The molecule has 0 unspecified atom stereocenters. The van der Waals surface area contributed by atoms with Gasteiger partial charge >= 0.3 is 17.4 Å². The molecule has 0 aromatic carbocycles. The second-order valence-corrected chi connectivity index (χ2v) is 2.87. The van der Waals surface area contributed by atoms with E-state index in [0.29, 0.717) is 0 Å². The maximum Gasteiger partial charge on any atom is 3.00 e. The average molecular weight is 217 g/mol. The molecule has 0 amide bonds. The summed E-state index contributed by atoms with van der Waals surface area (Å²) in [4.78, 5) is 0. The van der Waals surface area contributed by atoms with Crippen LogP contribution in [0.15, 0.2) is 36.5 Å². The van der Waals surface area contributed by atoms with Gasteiger partial charge in [-0.05, 0) is 0 Å². The molecule has 0 saturated heterocycles. The van der Waals surface area contributed by atoms with Crippen LogP contribution in [0.2, 0.25) is 0 Å². The molecule has 0 heterocycles. The van der Waals surface area contributed by atoms with Crippen molar-refractivity contribution in [2.24, 2.45) is 0 Å². The van der Waals surface area contributed by atoms with Crippen molar-refractivity contribution in [3.8, 4) is 0 Å². The average Bonchev–Trinajstić information content (AvgIpc) is 1.54.